The maximum absolute atomic E-state index is 3.79. The van der Waals surface area contributed by atoms with Gasteiger partial charge in [0.1, 0.15) is 0 Å². The van der Waals surface area contributed by atoms with E-state index >= 15 is 0 Å². The Morgan fingerprint density at radius 1 is 1.42 bits per heavy atom. The predicted molar refractivity (Wildman–Crippen MR) is 50.1 cm³/mol. The Kier molecular flexibility index (Phi) is 14.6. The van der Waals surface area contributed by atoms with Crippen LogP contribution in [0.15, 0.2) is 0 Å². The Hall–Kier alpha value is 0.608. The molecule has 1 heterocycles. The number of unbranched alkanes of at least 4 members (excludes halogenated alkanes) is 1. The van der Waals surface area contributed by atoms with E-state index in [0.717, 1.165) is 26.2 Å². The monoisotopic (exact) mass is 340 g/mol. The molecule has 0 aromatic heterocycles. The second-order valence-electron chi connectivity index (χ2n) is 2.68. The van der Waals surface area contributed by atoms with Crippen LogP contribution in [-0.2, 0) is 21.1 Å². The van der Waals surface area contributed by atoms with Crippen molar-refractivity contribution in [3.63, 3.8) is 0 Å². The van der Waals surface area contributed by atoms with E-state index < -0.39 is 0 Å². The van der Waals surface area contributed by atoms with Gasteiger partial charge in [-0.3, -0.25) is 7.05 Å². The number of hydrogen-bond donors (Lipinski definition) is 1. The van der Waals surface area contributed by atoms with E-state index in [9.17, 15) is 0 Å². The van der Waals surface area contributed by atoms with Crippen LogP contribution in [0.3, 0.4) is 0 Å². The second kappa shape index (κ2) is 11.6. The quantitative estimate of drug-likeness (QED) is 0.724. The smallest absolute Gasteiger partial charge is 0.457 e. The molecule has 3 heteroatoms. The van der Waals surface area contributed by atoms with Crippen molar-refractivity contribution in [1.82, 2.24) is 10.2 Å². The summed E-state index contributed by atoms with van der Waals surface area (Å²) in [5, 5.41) is 3.23. The predicted octanol–water partition coefficient (Wildman–Crippen LogP) is 1.30. The molecule has 12 heavy (non-hydrogen) atoms. The maximum Gasteiger partial charge on any atom is 2.00 e. The van der Waals surface area contributed by atoms with Crippen molar-refractivity contribution in [1.29, 1.82) is 0 Å². The van der Waals surface area contributed by atoms with Crippen LogP contribution in [-0.4, -0.2) is 31.1 Å². The van der Waals surface area contributed by atoms with Gasteiger partial charge in [0.05, 0.1) is 0 Å². The fourth-order valence-corrected chi connectivity index (χ4v) is 0.711. The van der Waals surface area contributed by atoms with Crippen LogP contribution in [0, 0.1) is 13.5 Å². The fourth-order valence-electron chi connectivity index (χ4n) is 0.711. The van der Waals surface area contributed by atoms with Crippen molar-refractivity contribution in [2.24, 2.45) is 0 Å². The van der Waals surface area contributed by atoms with Crippen LogP contribution in [0.5, 0.6) is 0 Å². The average Bonchev–Trinajstić information content (AvgIpc) is 2.07. The van der Waals surface area contributed by atoms with Crippen molar-refractivity contribution >= 4 is 0 Å². The van der Waals surface area contributed by atoms with E-state index in [4.69, 9.17) is 0 Å². The van der Waals surface area contributed by atoms with Gasteiger partial charge in [-0.05, 0) is 13.1 Å². The van der Waals surface area contributed by atoms with Crippen molar-refractivity contribution in [3.05, 3.63) is 13.5 Å². The minimum Gasteiger partial charge on any atom is -0.457 e. The van der Waals surface area contributed by atoms with Gasteiger partial charge in [0.2, 0.25) is 0 Å². The van der Waals surface area contributed by atoms with Crippen LogP contribution in [0.1, 0.15) is 20.3 Å². The summed E-state index contributed by atoms with van der Waals surface area (Å²) in [5.74, 6) is 0. The first kappa shape index (κ1) is 15.1. The van der Waals surface area contributed by atoms with Crippen LogP contribution in [0.4, 0.5) is 0 Å². The molecule has 1 rings (SSSR count). The van der Waals surface area contributed by atoms with E-state index in [1.54, 1.807) is 0 Å². The van der Waals surface area contributed by atoms with Crippen LogP contribution in [0.2, 0.25) is 0 Å². The van der Waals surface area contributed by atoms with Gasteiger partial charge in [-0.1, -0.05) is 6.92 Å². The Bertz CT molecular complexity index is 70.9. The zero-order chi connectivity index (χ0) is 8.53. The van der Waals surface area contributed by atoms with Gasteiger partial charge >= 0.3 is 21.1 Å². The zero-order valence-corrected chi connectivity index (χ0v) is 11.1. The molecule has 2 nitrogen and oxygen atoms in total. The van der Waals surface area contributed by atoms with E-state index in [1.165, 1.54) is 6.42 Å². The minimum atomic E-state index is 0. The van der Waals surface area contributed by atoms with Crippen molar-refractivity contribution in [2.75, 3.05) is 26.2 Å². The third-order valence-electron chi connectivity index (χ3n) is 1.62. The third kappa shape index (κ3) is 10.6. The van der Waals surface area contributed by atoms with Crippen molar-refractivity contribution in [3.8, 4) is 0 Å². The number of nitrogens with one attached hydrogen (secondary N) is 1. The molecule has 1 aliphatic rings. The van der Waals surface area contributed by atoms with E-state index in [0.29, 0.717) is 0 Å². The Balaban J connectivity index is 0. The summed E-state index contributed by atoms with van der Waals surface area (Å²) in [6, 6.07) is 0. The first-order chi connectivity index (χ1) is 5.31. The molecule has 0 amide bonds. The van der Waals surface area contributed by atoms with Gasteiger partial charge in [0.15, 0.2) is 0 Å². The molecule has 0 unspecified atom stereocenters. The summed E-state index contributed by atoms with van der Waals surface area (Å²) in [6.45, 7) is 8.58. The summed E-state index contributed by atoms with van der Waals surface area (Å²) in [6.07, 6.45) is 3.32. The molecule has 0 atom stereocenters. The standard InChI is InChI=1S/C5H11N2.C4H9.W/c1-7-4-2-6-3-5-7;1-3-4-2;/h6H,1-5H2;3H,4H2,1-2H3;/q2*-1;+2. The van der Waals surface area contributed by atoms with Crippen LogP contribution < -0.4 is 5.32 Å². The maximum atomic E-state index is 3.79. The van der Waals surface area contributed by atoms with E-state index in [1.807, 2.05) is 0 Å². The molecule has 0 bridgehead atoms. The van der Waals surface area contributed by atoms with Gasteiger partial charge in [0, 0.05) is 13.1 Å². The molecule has 1 fully saturated rings. The number of hydrogen-bond acceptors (Lipinski definition) is 2. The summed E-state index contributed by atoms with van der Waals surface area (Å²) in [7, 11) is 3.79. The van der Waals surface area contributed by atoms with Gasteiger partial charge in [-0.25, -0.2) is 0 Å². The van der Waals surface area contributed by atoms with Crippen LogP contribution >= 0.6 is 0 Å². The molecule has 1 aliphatic heterocycles. The molecular formula is C9H20N2W. The Labute approximate surface area is 91.4 Å². The van der Waals surface area contributed by atoms with E-state index in [2.05, 4.69) is 37.5 Å². The van der Waals surface area contributed by atoms with Gasteiger partial charge in [-0.15, -0.1) is 0 Å². The van der Waals surface area contributed by atoms with Crippen LogP contribution in [0.25, 0.3) is 0 Å². The van der Waals surface area contributed by atoms with Gasteiger partial charge in [-0.2, -0.15) is 13.3 Å². The minimum absolute atomic E-state index is 0. The first-order valence-electron chi connectivity index (χ1n) is 4.35. The Morgan fingerprint density at radius 3 is 2.00 bits per heavy atom. The molecule has 0 aromatic rings. The third-order valence-corrected chi connectivity index (χ3v) is 1.62. The summed E-state index contributed by atoms with van der Waals surface area (Å²) in [4.78, 5) is 2.08. The summed E-state index contributed by atoms with van der Waals surface area (Å²) < 4.78 is 0. The average molecular weight is 340 g/mol. The molecule has 0 saturated carbocycles. The van der Waals surface area contributed by atoms with E-state index in [-0.39, 0.29) is 21.1 Å². The molecule has 0 aliphatic carbocycles. The number of rotatable bonds is 1. The first-order valence-corrected chi connectivity index (χ1v) is 4.35. The largest absolute Gasteiger partial charge is 2.00 e. The molecule has 0 radical (unpaired) electrons. The van der Waals surface area contributed by atoms with Gasteiger partial charge < -0.3 is 16.6 Å². The fraction of sp³-hybridized carbons (Fsp3) is 0.778. The molecule has 0 aromatic carbocycles. The summed E-state index contributed by atoms with van der Waals surface area (Å²) >= 11 is 0. The Morgan fingerprint density at radius 2 is 1.83 bits per heavy atom. The second-order valence-corrected chi connectivity index (χ2v) is 2.68. The molecule has 1 N–H and O–H groups in total. The topological polar surface area (TPSA) is 15.3 Å². The zero-order valence-electron chi connectivity index (χ0n) is 8.18. The SMILES string of the molecule is C[CH-]CC.[CH2-]N1CCNCC1.[W+2]. The normalized spacial score (nSPS) is 17.2. The number of piperazine rings is 1. The van der Waals surface area contributed by atoms with Gasteiger partial charge in [0.25, 0.3) is 0 Å². The molecular weight excluding hydrogens is 320 g/mol. The molecule has 72 valence electrons. The number of nitrogens with zero attached hydrogens (tertiary/aromatic N) is 1. The molecule has 0 spiro atoms. The van der Waals surface area contributed by atoms with Crippen molar-refractivity contribution < 1.29 is 21.1 Å². The van der Waals surface area contributed by atoms with Crippen molar-refractivity contribution in [2.45, 2.75) is 20.3 Å². The molecule has 1 saturated heterocycles. The summed E-state index contributed by atoms with van der Waals surface area (Å²) in [5.41, 5.74) is 0.